The summed E-state index contributed by atoms with van der Waals surface area (Å²) >= 11 is 3.34. The summed E-state index contributed by atoms with van der Waals surface area (Å²) in [5.41, 5.74) is 2.96. The van der Waals surface area contributed by atoms with E-state index in [9.17, 15) is 9.59 Å². The van der Waals surface area contributed by atoms with Gasteiger partial charge in [-0.15, -0.1) is 0 Å². The number of hydrogen-bond donors (Lipinski definition) is 1. The van der Waals surface area contributed by atoms with E-state index in [0.717, 1.165) is 10.0 Å². The van der Waals surface area contributed by atoms with Crippen LogP contribution in [0.15, 0.2) is 57.0 Å². The lowest BCUT2D eigenvalue weighted by atomic mass is 10.2. The highest BCUT2D eigenvalue weighted by Gasteiger charge is 2.10. The minimum Gasteiger partial charge on any atom is -0.315 e. The molecule has 2 aromatic rings. The highest BCUT2D eigenvalue weighted by atomic mass is 79.9. The molecule has 21 heavy (non-hydrogen) atoms. The minimum absolute atomic E-state index is 0.0762. The van der Waals surface area contributed by atoms with Gasteiger partial charge in [0.1, 0.15) is 5.56 Å². The molecule has 5 nitrogen and oxygen atoms in total. The Morgan fingerprint density at radius 3 is 2.71 bits per heavy atom. The first-order valence-corrected chi connectivity index (χ1v) is 7.19. The van der Waals surface area contributed by atoms with Gasteiger partial charge < -0.3 is 4.57 Å². The van der Waals surface area contributed by atoms with Gasteiger partial charge in [-0.25, -0.2) is 5.43 Å². The second-order valence-corrected chi connectivity index (χ2v) is 5.18. The number of nitrogens with one attached hydrogen (secondary N) is 1. The molecule has 0 atom stereocenters. The molecule has 1 heterocycles. The van der Waals surface area contributed by atoms with Crippen LogP contribution in [0.5, 0.6) is 0 Å². The maximum atomic E-state index is 12.0. The third-order valence-electron chi connectivity index (χ3n) is 2.86. The molecule has 0 bridgehead atoms. The molecule has 0 spiro atoms. The molecule has 108 valence electrons. The van der Waals surface area contributed by atoms with E-state index >= 15 is 0 Å². The number of aromatic nitrogens is 1. The zero-order valence-electron chi connectivity index (χ0n) is 11.4. The summed E-state index contributed by atoms with van der Waals surface area (Å²) in [4.78, 5) is 23.9. The highest BCUT2D eigenvalue weighted by molar-refractivity contribution is 9.10. The zero-order valence-corrected chi connectivity index (χ0v) is 13.0. The smallest absolute Gasteiger partial charge is 0.276 e. The lowest BCUT2D eigenvalue weighted by Gasteiger charge is -2.04. The quantitative estimate of drug-likeness (QED) is 0.681. The molecule has 1 N–H and O–H groups in total. The van der Waals surface area contributed by atoms with Crippen molar-refractivity contribution in [2.24, 2.45) is 5.10 Å². The van der Waals surface area contributed by atoms with E-state index in [-0.39, 0.29) is 11.1 Å². The van der Waals surface area contributed by atoms with Gasteiger partial charge in [-0.3, -0.25) is 9.59 Å². The monoisotopic (exact) mass is 347 g/mol. The van der Waals surface area contributed by atoms with Crippen LogP contribution in [-0.4, -0.2) is 16.7 Å². The molecule has 1 aromatic heterocycles. The summed E-state index contributed by atoms with van der Waals surface area (Å²) in [6.45, 7) is 2.36. The number of aryl methyl sites for hydroxylation is 1. The number of pyridine rings is 1. The molecule has 0 saturated heterocycles. The standard InChI is InChI=1S/C15H14BrN3O2/c1-2-19-9-3-4-13(15(19)21)14(20)18-17-10-11-5-7-12(16)8-6-11/h3-10H,2H2,1H3,(H,18,20)/b17-10-. The van der Waals surface area contributed by atoms with E-state index in [2.05, 4.69) is 26.5 Å². The Morgan fingerprint density at radius 1 is 1.33 bits per heavy atom. The van der Waals surface area contributed by atoms with Crippen LogP contribution in [0.2, 0.25) is 0 Å². The fourth-order valence-electron chi connectivity index (χ4n) is 1.73. The molecule has 6 heteroatoms. The second kappa shape index (κ2) is 6.99. The number of hydrazone groups is 1. The number of hydrogen-bond acceptors (Lipinski definition) is 3. The van der Waals surface area contributed by atoms with Crippen LogP contribution in [0.4, 0.5) is 0 Å². The molecule has 0 saturated carbocycles. The Hall–Kier alpha value is -2.21. The van der Waals surface area contributed by atoms with Gasteiger partial charge >= 0.3 is 0 Å². The van der Waals surface area contributed by atoms with Crippen LogP contribution in [-0.2, 0) is 6.54 Å². The molecule has 0 aliphatic heterocycles. The minimum atomic E-state index is -0.517. The largest absolute Gasteiger partial charge is 0.315 e. The van der Waals surface area contributed by atoms with Gasteiger partial charge in [-0.1, -0.05) is 28.1 Å². The number of nitrogens with zero attached hydrogens (tertiary/aromatic N) is 2. The van der Waals surface area contributed by atoms with Crippen molar-refractivity contribution in [3.05, 3.63) is 68.5 Å². The van der Waals surface area contributed by atoms with Gasteiger partial charge in [0.15, 0.2) is 0 Å². The Morgan fingerprint density at radius 2 is 2.05 bits per heavy atom. The van der Waals surface area contributed by atoms with Gasteiger partial charge in [0.05, 0.1) is 6.21 Å². The van der Waals surface area contributed by atoms with Crippen LogP contribution in [0.1, 0.15) is 22.8 Å². The average molecular weight is 348 g/mol. The fourth-order valence-corrected chi connectivity index (χ4v) is 2.00. The van der Waals surface area contributed by atoms with Crippen LogP contribution in [0, 0.1) is 0 Å². The number of amides is 1. The first-order chi connectivity index (χ1) is 10.1. The van der Waals surface area contributed by atoms with E-state index in [1.165, 1.54) is 16.8 Å². The first kappa shape index (κ1) is 15.2. The third-order valence-corrected chi connectivity index (χ3v) is 3.38. The predicted octanol–water partition coefficient (Wildman–Crippen LogP) is 2.39. The van der Waals surface area contributed by atoms with Crippen LogP contribution in [0.3, 0.4) is 0 Å². The molecule has 0 radical (unpaired) electrons. The van der Waals surface area contributed by atoms with Crippen molar-refractivity contribution < 1.29 is 4.79 Å². The number of carbonyl (C=O) groups is 1. The summed E-state index contributed by atoms with van der Waals surface area (Å²) in [6, 6.07) is 10.6. The van der Waals surface area contributed by atoms with Gasteiger partial charge in [-0.05, 0) is 36.8 Å². The third kappa shape index (κ3) is 3.88. The topological polar surface area (TPSA) is 63.5 Å². The number of halogens is 1. The molecule has 0 aliphatic rings. The maximum absolute atomic E-state index is 12.0. The van der Waals surface area contributed by atoms with Crippen molar-refractivity contribution >= 4 is 28.1 Å². The predicted molar refractivity (Wildman–Crippen MR) is 85.6 cm³/mol. The number of benzene rings is 1. The second-order valence-electron chi connectivity index (χ2n) is 4.26. The SMILES string of the molecule is CCn1cccc(C(=O)N/N=C\c2ccc(Br)cc2)c1=O. The summed E-state index contributed by atoms with van der Waals surface area (Å²) in [6.07, 6.45) is 3.16. The van der Waals surface area contributed by atoms with Crippen LogP contribution >= 0.6 is 15.9 Å². The fraction of sp³-hybridized carbons (Fsp3) is 0.133. The van der Waals surface area contributed by atoms with E-state index in [0.29, 0.717) is 6.54 Å². The molecule has 1 aromatic carbocycles. The Balaban J connectivity index is 2.08. The molecule has 0 unspecified atom stereocenters. The van der Waals surface area contributed by atoms with E-state index in [1.54, 1.807) is 12.3 Å². The summed E-state index contributed by atoms with van der Waals surface area (Å²) in [5, 5.41) is 3.86. The zero-order chi connectivity index (χ0) is 15.2. The van der Waals surface area contributed by atoms with E-state index in [4.69, 9.17) is 0 Å². The molecular formula is C15H14BrN3O2. The lowest BCUT2D eigenvalue weighted by molar-refractivity contribution is 0.0953. The highest BCUT2D eigenvalue weighted by Crippen LogP contribution is 2.08. The summed E-state index contributed by atoms with van der Waals surface area (Å²) < 4.78 is 2.43. The number of carbonyl (C=O) groups excluding carboxylic acids is 1. The molecule has 1 amide bonds. The van der Waals surface area contributed by atoms with Crippen molar-refractivity contribution in [3.63, 3.8) is 0 Å². The maximum Gasteiger partial charge on any atom is 0.276 e. The van der Waals surface area contributed by atoms with Crippen molar-refractivity contribution in [3.8, 4) is 0 Å². The van der Waals surface area contributed by atoms with Gasteiger partial charge in [0.25, 0.3) is 11.5 Å². The Kier molecular flexibility index (Phi) is 5.05. The van der Waals surface area contributed by atoms with Gasteiger partial charge in [0, 0.05) is 17.2 Å². The van der Waals surface area contributed by atoms with Gasteiger partial charge in [-0.2, -0.15) is 5.10 Å². The van der Waals surface area contributed by atoms with Crippen molar-refractivity contribution in [1.82, 2.24) is 9.99 Å². The number of rotatable bonds is 4. The Labute approximate surface area is 130 Å². The molecule has 0 aliphatic carbocycles. The van der Waals surface area contributed by atoms with Crippen LogP contribution in [0.25, 0.3) is 0 Å². The molecule has 2 rings (SSSR count). The Bertz CT molecular complexity index is 720. The normalized spacial score (nSPS) is 10.8. The van der Waals surface area contributed by atoms with Gasteiger partial charge in [0.2, 0.25) is 0 Å². The van der Waals surface area contributed by atoms with Crippen molar-refractivity contribution in [2.75, 3.05) is 0 Å². The molecular weight excluding hydrogens is 334 g/mol. The lowest BCUT2D eigenvalue weighted by Crippen LogP contribution is -2.30. The first-order valence-electron chi connectivity index (χ1n) is 6.40. The van der Waals surface area contributed by atoms with Crippen LogP contribution < -0.4 is 11.0 Å². The van der Waals surface area contributed by atoms with Crippen molar-refractivity contribution in [1.29, 1.82) is 0 Å². The van der Waals surface area contributed by atoms with E-state index < -0.39 is 5.91 Å². The van der Waals surface area contributed by atoms with E-state index in [1.807, 2.05) is 31.2 Å². The summed E-state index contributed by atoms with van der Waals surface area (Å²) in [5.74, 6) is -0.517. The average Bonchev–Trinajstić information content (AvgIpc) is 2.49. The summed E-state index contributed by atoms with van der Waals surface area (Å²) in [7, 11) is 0. The molecule has 0 fully saturated rings. The van der Waals surface area contributed by atoms with Crippen molar-refractivity contribution in [2.45, 2.75) is 13.5 Å².